The van der Waals surface area contributed by atoms with Crippen LogP contribution in [0.15, 0.2) is 28.9 Å². The summed E-state index contributed by atoms with van der Waals surface area (Å²) in [5.74, 6) is -0.401. The van der Waals surface area contributed by atoms with Crippen LogP contribution in [-0.4, -0.2) is 23.9 Å². The Morgan fingerprint density at radius 1 is 1.38 bits per heavy atom. The fourth-order valence-electron chi connectivity index (χ4n) is 3.30. The summed E-state index contributed by atoms with van der Waals surface area (Å²) in [5.41, 5.74) is 0.214. The number of rotatable bonds is 0. The van der Waals surface area contributed by atoms with Crippen molar-refractivity contribution in [3.63, 3.8) is 0 Å². The van der Waals surface area contributed by atoms with Gasteiger partial charge in [0.2, 0.25) is 0 Å². The van der Waals surface area contributed by atoms with E-state index in [1.165, 1.54) is 6.07 Å². The van der Waals surface area contributed by atoms with Crippen molar-refractivity contribution >= 4 is 5.84 Å². The molecule has 1 atom stereocenters. The summed E-state index contributed by atoms with van der Waals surface area (Å²) >= 11 is 0. The molecule has 0 radical (unpaired) electrons. The fourth-order valence-corrected chi connectivity index (χ4v) is 3.30. The molecule has 4 nitrogen and oxygen atoms in total. The molecule has 0 aliphatic carbocycles. The first kappa shape index (κ1) is 12.6. The van der Waals surface area contributed by atoms with E-state index in [0.717, 1.165) is 30.3 Å². The number of benzene rings is 1. The molecule has 4 rings (SSSR count). The third-order valence-corrected chi connectivity index (χ3v) is 4.27. The van der Waals surface area contributed by atoms with Crippen LogP contribution in [0.2, 0.25) is 0 Å². The normalized spacial score (nSPS) is 28.2. The molecule has 0 N–H and O–H groups in total. The van der Waals surface area contributed by atoms with Gasteiger partial charge in [-0.15, -0.1) is 0 Å². The summed E-state index contributed by atoms with van der Waals surface area (Å²) < 4.78 is 33.1. The van der Waals surface area contributed by atoms with E-state index < -0.39 is 17.4 Å². The Morgan fingerprint density at radius 2 is 2.24 bits per heavy atom. The average molecular weight is 292 g/mol. The number of nitrogens with zero attached hydrogens (tertiary/aromatic N) is 2. The van der Waals surface area contributed by atoms with E-state index in [-0.39, 0.29) is 17.9 Å². The molecule has 6 heteroatoms. The van der Waals surface area contributed by atoms with Crippen molar-refractivity contribution in [3.8, 4) is 5.75 Å². The zero-order valence-electron chi connectivity index (χ0n) is 11.5. The number of hydrogen-bond acceptors (Lipinski definition) is 4. The Bertz CT molecular complexity index is 686. The molecule has 1 aromatic rings. The van der Waals surface area contributed by atoms with Crippen LogP contribution >= 0.6 is 0 Å². The zero-order chi connectivity index (χ0) is 14.6. The van der Waals surface area contributed by atoms with Crippen LogP contribution in [0.3, 0.4) is 0 Å². The van der Waals surface area contributed by atoms with Crippen molar-refractivity contribution in [2.24, 2.45) is 5.16 Å². The van der Waals surface area contributed by atoms with Crippen LogP contribution < -0.4 is 4.74 Å². The number of ether oxygens (including phenoxy) is 1. The second-order valence-corrected chi connectivity index (χ2v) is 5.41. The molecule has 110 valence electrons. The first-order valence-electron chi connectivity index (χ1n) is 6.97. The summed E-state index contributed by atoms with van der Waals surface area (Å²) in [7, 11) is 0. The topological polar surface area (TPSA) is 34.1 Å². The van der Waals surface area contributed by atoms with E-state index in [0.29, 0.717) is 6.54 Å². The van der Waals surface area contributed by atoms with Gasteiger partial charge in [-0.05, 0) is 25.3 Å². The van der Waals surface area contributed by atoms with E-state index in [2.05, 4.69) is 5.16 Å². The molecule has 0 bridgehead atoms. The minimum absolute atomic E-state index is 0.104. The summed E-state index contributed by atoms with van der Waals surface area (Å²) in [4.78, 5) is 7.54. The highest BCUT2D eigenvalue weighted by Gasteiger charge is 2.56. The van der Waals surface area contributed by atoms with Crippen LogP contribution in [0.5, 0.6) is 5.75 Å². The van der Waals surface area contributed by atoms with Crippen LogP contribution in [0.1, 0.15) is 25.3 Å². The van der Waals surface area contributed by atoms with Gasteiger partial charge < -0.3 is 14.5 Å². The molecule has 3 aliphatic heterocycles. The Balaban J connectivity index is 1.83. The summed E-state index contributed by atoms with van der Waals surface area (Å²) in [6.45, 7) is 2.75. The maximum atomic E-state index is 14.3. The maximum absolute atomic E-state index is 14.3. The highest BCUT2D eigenvalue weighted by Crippen LogP contribution is 2.48. The SMILES string of the molecule is CC=C1CCCN2C1=NOC21COc2cc(F)cc(F)c21. The molecule has 21 heavy (non-hydrogen) atoms. The van der Waals surface area contributed by atoms with E-state index in [1.54, 1.807) is 0 Å². The standard InChI is InChI=1S/C15H14F2N2O2/c1-2-9-4-3-5-19-14(9)18-21-15(19)8-20-12-7-10(16)6-11(17)13(12)15/h2,6-7H,3-5,8H2,1H3. The molecule has 0 aromatic heterocycles. The summed E-state index contributed by atoms with van der Waals surface area (Å²) in [6.07, 6.45) is 3.85. The number of piperidine rings is 1. The molecular weight excluding hydrogens is 278 g/mol. The predicted octanol–water partition coefficient (Wildman–Crippen LogP) is 2.90. The lowest BCUT2D eigenvalue weighted by Gasteiger charge is -2.36. The van der Waals surface area contributed by atoms with E-state index in [9.17, 15) is 8.78 Å². The van der Waals surface area contributed by atoms with Crippen LogP contribution in [0.25, 0.3) is 0 Å². The molecule has 3 heterocycles. The third kappa shape index (κ3) is 1.56. The Hall–Kier alpha value is -2.11. The van der Waals surface area contributed by atoms with Crippen LogP contribution in [0, 0.1) is 11.6 Å². The van der Waals surface area contributed by atoms with Gasteiger partial charge in [0, 0.05) is 18.7 Å². The minimum atomic E-state index is -1.10. The fraction of sp³-hybridized carbons (Fsp3) is 0.400. The summed E-state index contributed by atoms with van der Waals surface area (Å²) in [5, 5.41) is 4.14. The van der Waals surface area contributed by atoms with Crippen molar-refractivity contribution in [3.05, 3.63) is 41.0 Å². The second kappa shape index (κ2) is 4.19. The van der Waals surface area contributed by atoms with Gasteiger partial charge in [-0.3, -0.25) is 0 Å². The van der Waals surface area contributed by atoms with Gasteiger partial charge in [0.05, 0.1) is 0 Å². The second-order valence-electron chi connectivity index (χ2n) is 5.41. The van der Waals surface area contributed by atoms with Crippen molar-refractivity contribution < 1.29 is 18.4 Å². The number of fused-ring (bicyclic) bond motifs is 4. The van der Waals surface area contributed by atoms with Crippen molar-refractivity contribution in [2.75, 3.05) is 13.2 Å². The number of oxime groups is 1. The minimum Gasteiger partial charge on any atom is -0.486 e. The van der Waals surface area contributed by atoms with Gasteiger partial charge in [-0.25, -0.2) is 8.78 Å². The van der Waals surface area contributed by atoms with Crippen LogP contribution in [0.4, 0.5) is 8.78 Å². The van der Waals surface area contributed by atoms with Crippen molar-refractivity contribution in [2.45, 2.75) is 25.5 Å². The van der Waals surface area contributed by atoms with Gasteiger partial charge in [0.15, 0.2) is 12.4 Å². The van der Waals surface area contributed by atoms with Gasteiger partial charge >= 0.3 is 0 Å². The van der Waals surface area contributed by atoms with Gasteiger partial charge in [-0.1, -0.05) is 11.2 Å². The zero-order valence-corrected chi connectivity index (χ0v) is 11.5. The third-order valence-electron chi connectivity index (χ3n) is 4.27. The molecule has 1 aromatic carbocycles. The summed E-state index contributed by atoms with van der Waals surface area (Å²) in [6, 6.07) is 2.05. The molecule has 0 saturated carbocycles. The van der Waals surface area contributed by atoms with Gasteiger partial charge in [0.1, 0.15) is 22.9 Å². The first-order valence-corrected chi connectivity index (χ1v) is 6.97. The molecule has 1 fully saturated rings. The van der Waals surface area contributed by atoms with Gasteiger partial charge in [-0.2, -0.15) is 0 Å². The Kier molecular flexibility index (Phi) is 2.52. The predicted molar refractivity (Wildman–Crippen MR) is 71.7 cm³/mol. The number of hydrogen-bond donors (Lipinski definition) is 0. The molecule has 1 saturated heterocycles. The highest BCUT2D eigenvalue weighted by atomic mass is 19.1. The lowest BCUT2D eigenvalue weighted by Crippen LogP contribution is -2.50. The maximum Gasteiger partial charge on any atom is 0.277 e. The average Bonchev–Trinajstić information content (AvgIpc) is 3.02. The Morgan fingerprint density at radius 3 is 3.05 bits per heavy atom. The van der Waals surface area contributed by atoms with Gasteiger partial charge in [0.25, 0.3) is 5.72 Å². The first-order chi connectivity index (χ1) is 10.2. The molecule has 1 unspecified atom stereocenters. The van der Waals surface area contributed by atoms with Crippen molar-refractivity contribution in [1.82, 2.24) is 4.90 Å². The lowest BCUT2D eigenvalue weighted by molar-refractivity contribution is -0.116. The van der Waals surface area contributed by atoms with E-state index in [1.807, 2.05) is 17.9 Å². The monoisotopic (exact) mass is 292 g/mol. The smallest absolute Gasteiger partial charge is 0.277 e. The number of halogens is 2. The number of amidine groups is 1. The molecule has 0 amide bonds. The quantitative estimate of drug-likeness (QED) is 0.737. The molecule has 1 spiro atoms. The Labute approximate surface area is 120 Å². The van der Waals surface area contributed by atoms with E-state index >= 15 is 0 Å². The van der Waals surface area contributed by atoms with Crippen LogP contribution in [-0.2, 0) is 10.6 Å². The number of allylic oxidation sites excluding steroid dienone is 1. The highest BCUT2D eigenvalue weighted by molar-refractivity contribution is 6.00. The van der Waals surface area contributed by atoms with E-state index in [4.69, 9.17) is 9.57 Å². The van der Waals surface area contributed by atoms with Crippen molar-refractivity contribution in [1.29, 1.82) is 0 Å². The largest absolute Gasteiger partial charge is 0.486 e. The lowest BCUT2D eigenvalue weighted by atomic mass is 9.96. The molecule has 3 aliphatic rings. The molecular formula is C15H14F2N2O2.